The standard InChI is InChI=1S/C15H18N6/c1-11-18-14(13-10-17-21(3)15(13)19-11)20(2)9-7-12-6-4-5-8-16-12/h4-6,8,10H,7,9H2,1-3H3. The molecule has 0 amide bonds. The van der Waals surface area contributed by atoms with Gasteiger partial charge in [-0.3, -0.25) is 9.67 Å². The highest BCUT2D eigenvalue weighted by Gasteiger charge is 2.13. The highest BCUT2D eigenvalue weighted by Crippen LogP contribution is 2.22. The fourth-order valence-corrected chi connectivity index (χ4v) is 2.34. The number of nitrogens with zero attached hydrogens (tertiary/aromatic N) is 6. The Kier molecular flexibility index (Phi) is 3.51. The zero-order valence-corrected chi connectivity index (χ0v) is 12.5. The van der Waals surface area contributed by atoms with Crippen LogP contribution in [0.4, 0.5) is 5.82 Å². The first-order valence-corrected chi connectivity index (χ1v) is 6.92. The first kappa shape index (κ1) is 13.5. The van der Waals surface area contributed by atoms with E-state index >= 15 is 0 Å². The van der Waals surface area contributed by atoms with Crippen molar-refractivity contribution in [3.63, 3.8) is 0 Å². The van der Waals surface area contributed by atoms with Gasteiger partial charge in [0.25, 0.3) is 0 Å². The number of pyridine rings is 1. The average molecular weight is 282 g/mol. The molecule has 0 aliphatic carbocycles. The minimum Gasteiger partial charge on any atom is -0.359 e. The van der Waals surface area contributed by atoms with Crippen LogP contribution in [0.2, 0.25) is 0 Å². The normalized spacial score (nSPS) is 11.0. The van der Waals surface area contributed by atoms with E-state index in [-0.39, 0.29) is 0 Å². The summed E-state index contributed by atoms with van der Waals surface area (Å²) in [5.74, 6) is 1.67. The van der Waals surface area contributed by atoms with Crippen molar-refractivity contribution in [3.8, 4) is 0 Å². The Balaban J connectivity index is 1.86. The second kappa shape index (κ2) is 5.47. The second-order valence-electron chi connectivity index (χ2n) is 5.09. The van der Waals surface area contributed by atoms with Crippen LogP contribution >= 0.6 is 0 Å². The van der Waals surface area contributed by atoms with Crippen molar-refractivity contribution in [2.75, 3.05) is 18.5 Å². The van der Waals surface area contributed by atoms with Crippen LogP contribution < -0.4 is 4.90 Å². The van der Waals surface area contributed by atoms with E-state index in [1.165, 1.54) is 0 Å². The largest absolute Gasteiger partial charge is 0.359 e. The van der Waals surface area contributed by atoms with Gasteiger partial charge < -0.3 is 4.90 Å². The number of fused-ring (bicyclic) bond motifs is 1. The second-order valence-corrected chi connectivity index (χ2v) is 5.09. The van der Waals surface area contributed by atoms with Crippen molar-refractivity contribution < 1.29 is 0 Å². The molecule has 0 atom stereocenters. The predicted molar refractivity (Wildman–Crippen MR) is 82.3 cm³/mol. The molecule has 0 N–H and O–H groups in total. The molecule has 0 aliphatic heterocycles. The van der Waals surface area contributed by atoms with Crippen molar-refractivity contribution in [2.24, 2.45) is 7.05 Å². The highest BCUT2D eigenvalue weighted by atomic mass is 15.3. The number of aryl methyl sites for hydroxylation is 2. The summed E-state index contributed by atoms with van der Waals surface area (Å²) in [6.07, 6.45) is 4.52. The van der Waals surface area contributed by atoms with E-state index in [4.69, 9.17) is 0 Å². The number of anilines is 1. The molecule has 3 rings (SSSR count). The molecule has 6 heteroatoms. The zero-order chi connectivity index (χ0) is 14.8. The fraction of sp³-hybridized carbons (Fsp3) is 0.333. The maximum atomic E-state index is 4.57. The Hall–Kier alpha value is -2.50. The van der Waals surface area contributed by atoms with E-state index in [1.54, 1.807) is 4.68 Å². The maximum Gasteiger partial charge on any atom is 0.163 e. The van der Waals surface area contributed by atoms with Gasteiger partial charge >= 0.3 is 0 Å². The summed E-state index contributed by atoms with van der Waals surface area (Å²) < 4.78 is 1.78. The molecule has 0 aromatic carbocycles. The van der Waals surface area contributed by atoms with Crippen LogP contribution in [0.3, 0.4) is 0 Å². The molecule has 6 nitrogen and oxygen atoms in total. The number of likely N-dealkylation sites (N-methyl/N-ethyl adjacent to an activating group) is 1. The quantitative estimate of drug-likeness (QED) is 0.729. The van der Waals surface area contributed by atoms with E-state index in [2.05, 4.69) is 25.0 Å². The van der Waals surface area contributed by atoms with Gasteiger partial charge in [0.1, 0.15) is 11.6 Å². The highest BCUT2D eigenvalue weighted by molar-refractivity contribution is 5.86. The Morgan fingerprint density at radius 2 is 2.10 bits per heavy atom. The smallest absolute Gasteiger partial charge is 0.163 e. The van der Waals surface area contributed by atoms with E-state index < -0.39 is 0 Å². The third kappa shape index (κ3) is 2.69. The Labute approximate surface area is 123 Å². The van der Waals surface area contributed by atoms with Gasteiger partial charge in [0, 0.05) is 39.0 Å². The van der Waals surface area contributed by atoms with Gasteiger partial charge in [-0.05, 0) is 19.1 Å². The molecule has 3 aromatic heterocycles. The molecule has 3 heterocycles. The summed E-state index contributed by atoms with van der Waals surface area (Å²) >= 11 is 0. The summed E-state index contributed by atoms with van der Waals surface area (Å²) in [4.78, 5) is 15.5. The lowest BCUT2D eigenvalue weighted by Gasteiger charge is -2.19. The molecule has 0 unspecified atom stereocenters. The molecule has 0 spiro atoms. The van der Waals surface area contributed by atoms with Crippen molar-refractivity contribution in [1.29, 1.82) is 0 Å². The van der Waals surface area contributed by atoms with E-state index in [9.17, 15) is 0 Å². The number of hydrogen-bond acceptors (Lipinski definition) is 5. The van der Waals surface area contributed by atoms with Crippen LogP contribution in [0.1, 0.15) is 11.5 Å². The Morgan fingerprint density at radius 3 is 2.86 bits per heavy atom. The van der Waals surface area contributed by atoms with Gasteiger partial charge in [-0.2, -0.15) is 5.10 Å². The maximum absolute atomic E-state index is 4.57. The molecular weight excluding hydrogens is 264 g/mol. The lowest BCUT2D eigenvalue weighted by atomic mass is 10.2. The summed E-state index contributed by atoms with van der Waals surface area (Å²) in [6.45, 7) is 2.75. The van der Waals surface area contributed by atoms with Crippen LogP contribution in [0, 0.1) is 6.92 Å². The zero-order valence-electron chi connectivity index (χ0n) is 12.5. The first-order valence-electron chi connectivity index (χ1n) is 6.92. The van der Waals surface area contributed by atoms with Crippen LogP contribution in [-0.2, 0) is 13.5 Å². The lowest BCUT2D eigenvalue weighted by molar-refractivity contribution is 0.781. The molecule has 0 aliphatic rings. The summed E-state index contributed by atoms with van der Waals surface area (Å²) in [7, 11) is 3.93. The third-order valence-corrected chi connectivity index (χ3v) is 3.47. The third-order valence-electron chi connectivity index (χ3n) is 3.47. The average Bonchev–Trinajstić information content (AvgIpc) is 2.86. The monoisotopic (exact) mass is 282 g/mol. The summed E-state index contributed by atoms with van der Waals surface area (Å²) in [5, 5.41) is 5.25. The van der Waals surface area contributed by atoms with Gasteiger partial charge in [0.15, 0.2) is 5.65 Å². The van der Waals surface area contributed by atoms with Crippen LogP contribution in [0.5, 0.6) is 0 Å². The Bertz CT molecular complexity index is 749. The van der Waals surface area contributed by atoms with E-state index in [0.717, 1.165) is 41.3 Å². The molecule has 3 aromatic rings. The van der Waals surface area contributed by atoms with Crippen LogP contribution in [0.25, 0.3) is 11.0 Å². The fourth-order valence-electron chi connectivity index (χ4n) is 2.34. The molecule has 21 heavy (non-hydrogen) atoms. The minimum absolute atomic E-state index is 0.755. The number of aromatic nitrogens is 5. The van der Waals surface area contributed by atoms with Crippen molar-refractivity contribution in [2.45, 2.75) is 13.3 Å². The van der Waals surface area contributed by atoms with Gasteiger partial charge in [0.05, 0.1) is 11.6 Å². The topological polar surface area (TPSA) is 59.7 Å². The molecule has 0 bridgehead atoms. The SMILES string of the molecule is Cc1nc(N(C)CCc2ccccn2)c2cnn(C)c2n1. The molecule has 0 saturated carbocycles. The Morgan fingerprint density at radius 1 is 1.24 bits per heavy atom. The van der Waals surface area contributed by atoms with Gasteiger partial charge in [0.2, 0.25) is 0 Å². The van der Waals surface area contributed by atoms with E-state index in [0.29, 0.717) is 0 Å². The van der Waals surface area contributed by atoms with Crippen molar-refractivity contribution in [3.05, 3.63) is 42.1 Å². The molecule has 0 radical (unpaired) electrons. The summed E-state index contributed by atoms with van der Waals surface area (Å²) in [5.41, 5.74) is 1.94. The number of rotatable bonds is 4. The van der Waals surface area contributed by atoms with Crippen molar-refractivity contribution >= 4 is 16.9 Å². The molecule has 0 saturated heterocycles. The van der Waals surface area contributed by atoms with Crippen LogP contribution in [0.15, 0.2) is 30.6 Å². The van der Waals surface area contributed by atoms with Gasteiger partial charge in [-0.25, -0.2) is 9.97 Å². The molecular formula is C15H18N6. The molecule has 0 fully saturated rings. The molecule has 108 valence electrons. The lowest BCUT2D eigenvalue weighted by Crippen LogP contribution is -2.22. The van der Waals surface area contributed by atoms with Crippen molar-refractivity contribution in [1.82, 2.24) is 24.7 Å². The first-order chi connectivity index (χ1) is 10.1. The van der Waals surface area contributed by atoms with Gasteiger partial charge in [-0.1, -0.05) is 6.07 Å². The van der Waals surface area contributed by atoms with E-state index in [1.807, 2.05) is 51.6 Å². The van der Waals surface area contributed by atoms with Crippen LogP contribution in [-0.4, -0.2) is 38.3 Å². The predicted octanol–water partition coefficient (Wildman–Crippen LogP) is 1.75. The minimum atomic E-state index is 0.755. The summed E-state index contributed by atoms with van der Waals surface area (Å²) in [6, 6.07) is 5.98. The van der Waals surface area contributed by atoms with Gasteiger partial charge in [-0.15, -0.1) is 0 Å². The number of hydrogen-bond donors (Lipinski definition) is 0.